The van der Waals surface area contributed by atoms with Gasteiger partial charge in [0.1, 0.15) is 6.04 Å². The van der Waals surface area contributed by atoms with Crippen molar-refractivity contribution in [3.05, 3.63) is 29.8 Å². The van der Waals surface area contributed by atoms with Gasteiger partial charge in [0.05, 0.1) is 18.8 Å². The highest BCUT2D eigenvalue weighted by molar-refractivity contribution is 5.90. The molecule has 27 heavy (non-hydrogen) atoms. The summed E-state index contributed by atoms with van der Waals surface area (Å²) in [6.45, 7) is 5.33. The van der Waals surface area contributed by atoms with E-state index < -0.39 is 0 Å². The van der Waals surface area contributed by atoms with Crippen LogP contribution >= 0.6 is 0 Å². The molecule has 6 nitrogen and oxygen atoms in total. The van der Waals surface area contributed by atoms with Crippen LogP contribution in [0.3, 0.4) is 0 Å². The zero-order valence-electron chi connectivity index (χ0n) is 16.2. The van der Waals surface area contributed by atoms with Crippen molar-refractivity contribution in [3.63, 3.8) is 0 Å². The first-order chi connectivity index (χ1) is 13.1. The van der Waals surface area contributed by atoms with E-state index in [4.69, 9.17) is 9.47 Å². The number of piperidine rings is 1. The molecule has 0 amide bonds. The van der Waals surface area contributed by atoms with Gasteiger partial charge < -0.3 is 20.1 Å². The number of benzene rings is 1. The van der Waals surface area contributed by atoms with Gasteiger partial charge in [-0.05, 0) is 76.1 Å². The van der Waals surface area contributed by atoms with Gasteiger partial charge in [-0.2, -0.15) is 0 Å². The number of fused-ring (bicyclic) bond motifs is 1. The molecule has 0 radical (unpaired) electrons. The van der Waals surface area contributed by atoms with Crippen LogP contribution < -0.4 is 10.6 Å². The third-order valence-electron chi connectivity index (χ3n) is 5.62. The molecule has 1 aliphatic carbocycles. The van der Waals surface area contributed by atoms with Crippen LogP contribution in [0.2, 0.25) is 0 Å². The van der Waals surface area contributed by atoms with Crippen LogP contribution in [0.5, 0.6) is 0 Å². The molecule has 1 aromatic carbocycles. The first-order valence-electron chi connectivity index (χ1n) is 10.0. The van der Waals surface area contributed by atoms with E-state index in [2.05, 4.69) is 10.6 Å². The van der Waals surface area contributed by atoms with Crippen molar-refractivity contribution >= 4 is 17.6 Å². The molecule has 1 saturated heterocycles. The van der Waals surface area contributed by atoms with Crippen molar-refractivity contribution in [2.45, 2.75) is 51.6 Å². The van der Waals surface area contributed by atoms with Crippen LogP contribution in [0.4, 0.5) is 5.69 Å². The Morgan fingerprint density at radius 1 is 1.11 bits per heavy atom. The molecule has 0 unspecified atom stereocenters. The van der Waals surface area contributed by atoms with Gasteiger partial charge in [-0.1, -0.05) is 6.07 Å². The number of ether oxygens (including phenoxy) is 2. The summed E-state index contributed by atoms with van der Waals surface area (Å²) < 4.78 is 10.3. The highest BCUT2D eigenvalue weighted by atomic mass is 16.5. The molecular weight excluding hydrogens is 344 g/mol. The Morgan fingerprint density at radius 2 is 1.93 bits per heavy atom. The Bertz CT molecular complexity index is 663. The minimum atomic E-state index is -0.291. The summed E-state index contributed by atoms with van der Waals surface area (Å²) in [6, 6.07) is 7.66. The number of carbonyl (C=O) groups excluding carboxylic acids is 2. The molecule has 1 aromatic rings. The topological polar surface area (TPSA) is 76.7 Å². The van der Waals surface area contributed by atoms with E-state index in [1.807, 2.05) is 25.1 Å². The number of anilines is 1. The van der Waals surface area contributed by atoms with E-state index in [9.17, 15) is 9.59 Å². The van der Waals surface area contributed by atoms with Crippen molar-refractivity contribution in [3.8, 4) is 0 Å². The molecule has 4 atom stereocenters. The van der Waals surface area contributed by atoms with Crippen LogP contribution in [-0.2, 0) is 14.3 Å². The maximum absolute atomic E-state index is 12.1. The number of rotatable bonds is 6. The van der Waals surface area contributed by atoms with Crippen molar-refractivity contribution < 1.29 is 19.1 Å². The average Bonchev–Trinajstić information content (AvgIpc) is 2.68. The highest BCUT2D eigenvalue weighted by Gasteiger charge is 2.38. The van der Waals surface area contributed by atoms with Gasteiger partial charge >= 0.3 is 11.9 Å². The molecule has 148 valence electrons. The van der Waals surface area contributed by atoms with E-state index in [-0.39, 0.29) is 18.0 Å². The predicted octanol–water partition coefficient (Wildman–Crippen LogP) is 2.99. The summed E-state index contributed by atoms with van der Waals surface area (Å²) in [7, 11) is 0. The fourth-order valence-corrected chi connectivity index (χ4v) is 4.30. The standard InChI is InChI=1S/C21H30N2O4/c1-3-26-20(24)14-6-5-7-17(10-14)23-18-9-8-15-13-22-19(12-16(15)11-18)21(25)27-4-2/h5-7,10,15-16,18-19,22-23H,3-4,8-9,11-13H2,1-2H3/t15-,16+,18-,19-/m0/s1. The molecule has 0 aromatic heterocycles. The molecule has 1 aliphatic heterocycles. The van der Waals surface area contributed by atoms with Gasteiger partial charge in [-0.25, -0.2) is 4.79 Å². The van der Waals surface area contributed by atoms with E-state index >= 15 is 0 Å². The van der Waals surface area contributed by atoms with Gasteiger partial charge in [0.25, 0.3) is 0 Å². The zero-order valence-corrected chi connectivity index (χ0v) is 16.2. The van der Waals surface area contributed by atoms with Gasteiger partial charge in [0.15, 0.2) is 0 Å². The second-order valence-electron chi connectivity index (χ2n) is 7.42. The Balaban J connectivity index is 1.59. The highest BCUT2D eigenvalue weighted by Crippen LogP contribution is 2.37. The lowest BCUT2D eigenvalue weighted by Gasteiger charge is -2.42. The molecule has 2 aliphatic rings. The number of carbonyl (C=O) groups is 2. The molecular formula is C21H30N2O4. The fraction of sp³-hybridized carbons (Fsp3) is 0.619. The quantitative estimate of drug-likeness (QED) is 0.746. The lowest BCUT2D eigenvalue weighted by Crippen LogP contribution is -2.51. The fourth-order valence-electron chi connectivity index (χ4n) is 4.30. The minimum Gasteiger partial charge on any atom is -0.465 e. The molecule has 3 rings (SSSR count). The van der Waals surface area contributed by atoms with Crippen molar-refractivity contribution in [2.24, 2.45) is 11.8 Å². The first-order valence-corrected chi connectivity index (χ1v) is 10.0. The maximum Gasteiger partial charge on any atom is 0.338 e. The average molecular weight is 374 g/mol. The Hall–Kier alpha value is -2.08. The third kappa shape index (κ3) is 5.01. The lowest BCUT2D eigenvalue weighted by molar-refractivity contribution is -0.147. The van der Waals surface area contributed by atoms with Crippen LogP contribution in [-0.4, -0.2) is 43.8 Å². The summed E-state index contributed by atoms with van der Waals surface area (Å²) in [4.78, 5) is 24.0. The number of hydrogen-bond donors (Lipinski definition) is 2. The Kier molecular flexibility index (Phi) is 6.72. The van der Waals surface area contributed by atoms with E-state index in [0.717, 1.165) is 37.9 Å². The zero-order chi connectivity index (χ0) is 19.2. The summed E-state index contributed by atoms with van der Waals surface area (Å²) in [5.74, 6) is 0.716. The first kappa shape index (κ1) is 19.7. The van der Waals surface area contributed by atoms with Crippen molar-refractivity contribution in [1.29, 1.82) is 0 Å². The van der Waals surface area contributed by atoms with Crippen LogP contribution in [0.1, 0.15) is 49.9 Å². The van der Waals surface area contributed by atoms with E-state index in [0.29, 0.717) is 36.7 Å². The Morgan fingerprint density at radius 3 is 2.70 bits per heavy atom. The van der Waals surface area contributed by atoms with Gasteiger partial charge in [0, 0.05) is 11.7 Å². The number of esters is 2. The molecule has 2 N–H and O–H groups in total. The van der Waals surface area contributed by atoms with E-state index in [1.165, 1.54) is 0 Å². The summed E-state index contributed by atoms with van der Waals surface area (Å²) >= 11 is 0. The van der Waals surface area contributed by atoms with Gasteiger partial charge in [0.2, 0.25) is 0 Å². The van der Waals surface area contributed by atoms with Gasteiger partial charge in [-0.3, -0.25) is 4.79 Å². The smallest absolute Gasteiger partial charge is 0.338 e. The Labute approximate surface area is 161 Å². The summed E-state index contributed by atoms with van der Waals surface area (Å²) in [5.41, 5.74) is 1.51. The summed E-state index contributed by atoms with van der Waals surface area (Å²) in [5, 5.41) is 6.93. The van der Waals surface area contributed by atoms with Crippen LogP contribution in [0.25, 0.3) is 0 Å². The van der Waals surface area contributed by atoms with Crippen LogP contribution in [0, 0.1) is 11.8 Å². The molecule has 6 heteroatoms. The number of nitrogens with one attached hydrogen (secondary N) is 2. The molecule has 1 heterocycles. The summed E-state index contributed by atoms with van der Waals surface area (Å²) in [6.07, 6.45) is 4.11. The van der Waals surface area contributed by atoms with Crippen molar-refractivity contribution in [1.82, 2.24) is 5.32 Å². The normalized spacial score (nSPS) is 27.3. The maximum atomic E-state index is 12.1. The van der Waals surface area contributed by atoms with E-state index in [1.54, 1.807) is 13.0 Å². The monoisotopic (exact) mass is 374 g/mol. The third-order valence-corrected chi connectivity index (χ3v) is 5.62. The largest absolute Gasteiger partial charge is 0.465 e. The minimum absolute atomic E-state index is 0.131. The number of hydrogen-bond acceptors (Lipinski definition) is 6. The molecule has 0 bridgehead atoms. The molecule has 2 fully saturated rings. The lowest BCUT2D eigenvalue weighted by atomic mass is 9.72. The second kappa shape index (κ2) is 9.22. The van der Waals surface area contributed by atoms with Crippen LogP contribution in [0.15, 0.2) is 24.3 Å². The molecule has 0 spiro atoms. The second-order valence-corrected chi connectivity index (χ2v) is 7.42. The molecule has 1 saturated carbocycles. The SMILES string of the molecule is CCOC(=O)c1cccc(N[C@H]2CC[C@H]3CN[C@H](C(=O)OCC)C[C@H]3C2)c1. The van der Waals surface area contributed by atoms with Crippen molar-refractivity contribution in [2.75, 3.05) is 25.1 Å². The van der Waals surface area contributed by atoms with Gasteiger partial charge in [-0.15, -0.1) is 0 Å². The predicted molar refractivity (Wildman–Crippen MR) is 104 cm³/mol.